The summed E-state index contributed by atoms with van der Waals surface area (Å²) >= 11 is 6.27. The molecule has 1 amide bonds. The zero-order valence-corrected chi connectivity index (χ0v) is 18.5. The predicted octanol–water partition coefficient (Wildman–Crippen LogP) is 3.53. The summed E-state index contributed by atoms with van der Waals surface area (Å²) in [6, 6.07) is 14.7. The Bertz CT molecular complexity index is 932. The van der Waals surface area contributed by atoms with Crippen molar-refractivity contribution in [3.63, 3.8) is 0 Å². The summed E-state index contributed by atoms with van der Waals surface area (Å²) in [5.74, 6) is -0.354. The fourth-order valence-electron chi connectivity index (χ4n) is 3.57. The molecular formula is C22H28ClN3O3S. The molecule has 0 atom stereocenters. The molecule has 0 radical (unpaired) electrons. The standard InChI is InChI=1S/C22H28ClN3O3S/c23-20-12-5-6-13-21(20)26(30(28,29)19-10-3-1-4-11-19)18-22(27)24-14-9-17-25-15-7-2-8-16-25/h1,3-6,10-13H,2,7-9,14-18H2,(H,24,27). The molecule has 1 heterocycles. The van der Waals surface area contributed by atoms with Crippen molar-refractivity contribution >= 4 is 33.2 Å². The van der Waals surface area contributed by atoms with E-state index in [1.165, 1.54) is 31.4 Å². The van der Waals surface area contributed by atoms with Gasteiger partial charge >= 0.3 is 0 Å². The van der Waals surface area contributed by atoms with Gasteiger partial charge in [0.1, 0.15) is 6.54 Å². The molecule has 1 fully saturated rings. The number of sulfonamides is 1. The molecule has 1 aliphatic heterocycles. The van der Waals surface area contributed by atoms with E-state index in [0.29, 0.717) is 6.54 Å². The van der Waals surface area contributed by atoms with Crippen LogP contribution in [0.2, 0.25) is 5.02 Å². The zero-order chi connectivity index (χ0) is 21.4. The number of anilines is 1. The van der Waals surface area contributed by atoms with E-state index in [4.69, 9.17) is 11.6 Å². The molecule has 0 unspecified atom stereocenters. The van der Waals surface area contributed by atoms with Crippen LogP contribution in [-0.4, -0.2) is 51.9 Å². The van der Waals surface area contributed by atoms with Crippen LogP contribution < -0.4 is 9.62 Å². The number of para-hydroxylation sites is 1. The van der Waals surface area contributed by atoms with E-state index in [-0.39, 0.29) is 28.1 Å². The van der Waals surface area contributed by atoms with Gasteiger partial charge < -0.3 is 10.2 Å². The maximum atomic E-state index is 13.2. The number of hydrogen-bond acceptors (Lipinski definition) is 4. The summed E-state index contributed by atoms with van der Waals surface area (Å²) in [4.78, 5) is 15.1. The van der Waals surface area contributed by atoms with Crippen molar-refractivity contribution < 1.29 is 13.2 Å². The Balaban J connectivity index is 1.67. The number of rotatable bonds is 9. The van der Waals surface area contributed by atoms with E-state index in [0.717, 1.165) is 30.4 Å². The quantitative estimate of drug-likeness (QED) is 0.594. The lowest BCUT2D eigenvalue weighted by Crippen LogP contribution is -2.41. The highest BCUT2D eigenvalue weighted by atomic mass is 35.5. The Morgan fingerprint density at radius 3 is 2.37 bits per heavy atom. The molecule has 2 aromatic carbocycles. The lowest BCUT2D eigenvalue weighted by molar-refractivity contribution is -0.119. The first-order valence-electron chi connectivity index (χ1n) is 10.3. The number of nitrogens with zero attached hydrogens (tertiary/aromatic N) is 2. The Kier molecular flexibility index (Phi) is 8.13. The molecule has 8 heteroatoms. The van der Waals surface area contributed by atoms with Gasteiger partial charge in [0.05, 0.1) is 15.6 Å². The zero-order valence-electron chi connectivity index (χ0n) is 17.0. The van der Waals surface area contributed by atoms with Crippen molar-refractivity contribution in [3.05, 3.63) is 59.6 Å². The van der Waals surface area contributed by atoms with Gasteiger partial charge in [0.2, 0.25) is 5.91 Å². The summed E-state index contributed by atoms with van der Waals surface area (Å²) in [6.07, 6.45) is 4.59. The van der Waals surface area contributed by atoms with E-state index in [2.05, 4.69) is 10.2 Å². The number of benzene rings is 2. The highest BCUT2D eigenvalue weighted by Crippen LogP contribution is 2.30. The third kappa shape index (κ3) is 5.97. The second kappa shape index (κ2) is 10.8. The van der Waals surface area contributed by atoms with E-state index >= 15 is 0 Å². The van der Waals surface area contributed by atoms with Gasteiger partial charge in [-0.3, -0.25) is 9.10 Å². The van der Waals surface area contributed by atoms with E-state index in [9.17, 15) is 13.2 Å². The Labute approximate surface area is 183 Å². The second-order valence-corrected chi connectivity index (χ2v) is 9.65. The monoisotopic (exact) mass is 449 g/mol. The first-order chi connectivity index (χ1) is 14.5. The van der Waals surface area contributed by atoms with E-state index < -0.39 is 10.0 Å². The third-order valence-electron chi connectivity index (χ3n) is 5.16. The van der Waals surface area contributed by atoms with Gasteiger partial charge in [-0.05, 0) is 63.2 Å². The molecule has 1 aliphatic rings. The summed E-state index contributed by atoms with van der Waals surface area (Å²) in [7, 11) is -3.94. The molecule has 0 spiro atoms. The van der Waals surface area contributed by atoms with Crippen LogP contribution in [0.1, 0.15) is 25.7 Å². The average molecular weight is 450 g/mol. The van der Waals surface area contributed by atoms with E-state index in [1.54, 1.807) is 42.5 Å². The SMILES string of the molecule is O=C(CN(c1ccccc1Cl)S(=O)(=O)c1ccccc1)NCCCN1CCCCC1. The fourth-order valence-corrected chi connectivity index (χ4v) is 5.32. The smallest absolute Gasteiger partial charge is 0.264 e. The average Bonchev–Trinajstić information content (AvgIpc) is 2.77. The van der Waals surface area contributed by atoms with Gasteiger partial charge in [0.25, 0.3) is 10.0 Å². The van der Waals surface area contributed by atoms with Crippen molar-refractivity contribution in [1.82, 2.24) is 10.2 Å². The van der Waals surface area contributed by atoms with Crippen molar-refractivity contribution in [2.24, 2.45) is 0 Å². The van der Waals surface area contributed by atoms with Gasteiger partial charge in [-0.1, -0.05) is 48.4 Å². The van der Waals surface area contributed by atoms with Gasteiger partial charge in [-0.2, -0.15) is 0 Å². The highest BCUT2D eigenvalue weighted by Gasteiger charge is 2.28. The van der Waals surface area contributed by atoms with Gasteiger partial charge in [-0.15, -0.1) is 0 Å². The largest absolute Gasteiger partial charge is 0.354 e. The molecule has 0 saturated carbocycles. The lowest BCUT2D eigenvalue weighted by atomic mass is 10.1. The molecule has 2 aromatic rings. The number of amides is 1. The Morgan fingerprint density at radius 2 is 1.67 bits per heavy atom. The van der Waals surface area contributed by atoms with Crippen molar-refractivity contribution in [3.8, 4) is 0 Å². The van der Waals surface area contributed by atoms with Crippen LogP contribution in [0.15, 0.2) is 59.5 Å². The van der Waals surface area contributed by atoms with Gasteiger partial charge in [0.15, 0.2) is 0 Å². The van der Waals surface area contributed by atoms with Crippen LogP contribution in [0.5, 0.6) is 0 Å². The summed E-state index contributed by atoms with van der Waals surface area (Å²) < 4.78 is 27.5. The first kappa shape index (κ1) is 22.6. The molecule has 1 N–H and O–H groups in total. The van der Waals surface area contributed by atoms with Crippen LogP contribution in [0.3, 0.4) is 0 Å². The van der Waals surface area contributed by atoms with Gasteiger partial charge in [0, 0.05) is 6.54 Å². The number of carbonyl (C=O) groups excluding carboxylic acids is 1. The van der Waals surface area contributed by atoms with Crippen LogP contribution in [0.25, 0.3) is 0 Å². The molecule has 0 aromatic heterocycles. The summed E-state index contributed by atoms with van der Waals surface area (Å²) in [6.45, 7) is 3.35. The molecular weight excluding hydrogens is 422 g/mol. The number of nitrogens with one attached hydrogen (secondary N) is 1. The topological polar surface area (TPSA) is 69.7 Å². The summed E-state index contributed by atoms with van der Waals surface area (Å²) in [5.41, 5.74) is 0.284. The van der Waals surface area contributed by atoms with E-state index in [1.807, 2.05) is 0 Å². The molecule has 3 rings (SSSR count). The molecule has 30 heavy (non-hydrogen) atoms. The normalized spacial score (nSPS) is 15.0. The number of carbonyl (C=O) groups is 1. The number of likely N-dealkylation sites (tertiary alicyclic amines) is 1. The highest BCUT2D eigenvalue weighted by molar-refractivity contribution is 7.92. The number of hydrogen-bond donors (Lipinski definition) is 1. The molecule has 0 bridgehead atoms. The van der Waals surface area contributed by atoms with Crippen molar-refractivity contribution in [1.29, 1.82) is 0 Å². The van der Waals surface area contributed by atoms with Crippen LogP contribution in [0, 0.1) is 0 Å². The lowest BCUT2D eigenvalue weighted by Gasteiger charge is -2.26. The van der Waals surface area contributed by atoms with Crippen molar-refractivity contribution in [2.75, 3.05) is 37.0 Å². The summed E-state index contributed by atoms with van der Waals surface area (Å²) in [5, 5.41) is 3.12. The molecule has 1 saturated heterocycles. The molecule has 0 aliphatic carbocycles. The predicted molar refractivity (Wildman–Crippen MR) is 120 cm³/mol. The first-order valence-corrected chi connectivity index (χ1v) is 12.1. The van der Waals surface area contributed by atoms with Gasteiger partial charge in [-0.25, -0.2) is 8.42 Å². The number of piperidine rings is 1. The van der Waals surface area contributed by atoms with Crippen LogP contribution in [0.4, 0.5) is 5.69 Å². The maximum absolute atomic E-state index is 13.2. The minimum Gasteiger partial charge on any atom is -0.354 e. The van der Waals surface area contributed by atoms with Crippen LogP contribution in [-0.2, 0) is 14.8 Å². The Morgan fingerprint density at radius 1 is 1.00 bits per heavy atom. The second-order valence-electron chi connectivity index (χ2n) is 7.38. The minimum atomic E-state index is -3.94. The van der Waals surface area contributed by atoms with Crippen molar-refractivity contribution in [2.45, 2.75) is 30.6 Å². The maximum Gasteiger partial charge on any atom is 0.264 e. The molecule has 6 nitrogen and oxygen atoms in total. The van der Waals surface area contributed by atoms with Crippen LogP contribution >= 0.6 is 11.6 Å². The number of halogens is 1. The minimum absolute atomic E-state index is 0.114. The fraction of sp³-hybridized carbons (Fsp3) is 0.409. The Hall–Kier alpha value is -2.09. The molecule has 162 valence electrons. The third-order valence-corrected chi connectivity index (χ3v) is 7.26.